The summed E-state index contributed by atoms with van der Waals surface area (Å²) in [6.45, 7) is 8.70. The minimum atomic E-state index is 0.814. The van der Waals surface area contributed by atoms with Crippen LogP contribution in [0.3, 0.4) is 0 Å². The zero-order chi connectivity index (χ0) is 11.1. The molecular formula is C14H21N. The number of hydrogen-bond donors (Lipinski definition) is 0. The third-order valence-electron chi connectivity index (χ3n) is 2.81. The van der Waals surface area contributed by atoms with Crippen LogP contribution in [0.25, 0.3) is 5.57 Å². The van der Waals surface area contributed by atoms with Gasteiger partial charge in [0.05, 0.1) is 0 Å². The lowest BCUT2D eigenvalue weighted by Crippen LogP contribution is -1.94. The molecule has 0 spiro atoms. The van der Waals surface area contributed by atoms with Crippen LogP contribution in [-0.4, -0.2) is 4.98 Å². The van der Waals surface area contributed by atoms with Gasteiger partial charge in [-0.25, -0.2) is 0 Å². The van der Waals surface area contributed by atoms with E-state index in [2.05, 4.69) is 25.4 Å². The van der Waals surface area contributed by atoms with E-state index in [9.17, 15) is 0 Å². The minimum absolute atomic E-state index is 0.814. The van der Waals surface area contributed by atoms with Crippen LogP contribution in [-0.2, 0) is 0 Å². The van der Waals surface area contributed by atoms with Crippen molar-refractivity contribution in [3.8, 4) is 0 Å². The number of pyridine rings is 1. The Morgan fingerprint density at radius 2 is 2.00 bits per heavy atom. The first-order chi connectivity index (χ1) is 7.24. The number of aromatic nitrogens is 1. The molecule has 0 bridgehead atoms. The lowest BCUT2D eigenvalue weighted by atomic mass is 9.95. The van der Waals surface area contributed by atoms with Crippen molar-refractivity contribution in [2.24, 2.45) is 5.92 Å². The van der Waals surface area contributed by atoms with E-state index in [0.29, 0.717) is 0 Å². The maximum absolute atomic E-state index is 4.13. The average Bonchev–Trinajstić information content (AvgIpc) is 2.27. The number of rotatable bonds is 6. The zero-order valence-corrected chi connectivity index (χ0v) is 9.87. The van der Waals surface area contributed by atoms with Gasteiger partial charge in [0.15, 0.2) is 0 Å². The summed E-state index contributed by atoms with van der Waals surface area (Å²) in [7, 11) is 0. The molecule has 0 aliphatic carbocycles. The third kappa shape index (κ3) is 4.28. The van der Waals surface area contributed by atoms with Gasteiger partial charge in [0.2, 0.25) is 0 Å². The molecule has 82 valence electrons. The molecular weight excluding hydrogens is 182 g/mol. The first-order valence-electron chi connectivity index (χ1n) is 5.82. The Labute approximate surface area is 93.2 Å². The molecule has 1 aromatic rings. The van der Waals surface area contributed by atoms with Crippen molar-refractivity contribution in [3.63, 3.8) is 0 Å². The Balaban J connectivity index is 2.37. The largest absolute Gasteiger partial charge is 0.265 e. The average molecular weight is 203 g/mol. The van der Waals surface area contributed by atoms with Crippen LogP contribution in [0, 0.1) is 5.92 Å². The van der Waals surface area contributed by atoms with Crippen molar-refractivity contribution in [2.45, 2.75) is 39.5 Å². The maximum Gasteiger partial charge on any atom is 0.0273 e. The number of hydrogen-bond acceptors (Lipinski definition) is 1. The fourth-order valence-corrected chi connectivity index (χ4v) is 1.79. The highest BCUT2D eigenvalue weighted by Gasteiger charge is 2.03. The van der Waals surface area contributed by atoms with E-state index in [1.54, 1.807) is 0 Å². The van der Waals surface area contributed by atoms with E-state index in [0.717, 1.165) is 12.3 Å². The summed E-state index contributed by atoms with van der Waals surface area (Å²) in [5, 5.41) is 0. The molecule has 1 heteroatoms. The number of nitrogens with zero attached hydrogens (tertiary/aromatic N) is 1. The van der Waals surface area contributed by atoms with Crippen LogP contribution >= 0.6 is 0 Å². The van der Waals surface area contributed by atoms with E-state index in [1.807, 2.05) is 24.5 Å². The highest BCUT2D eigenvalue weighted by atomic mass is 14.6. The van der Waals surface area contributed by atoms with Crippen LogP contribution in [0.15, 0.2) is 31.1 Å². The maximum atomic E-state index is 4.13. The number of allylic oxidation sites excluding steroid dienone is 1. The standard InChI is InChI=1S/C14H21N/c1-4-5-12(2)6-7-13(3)14-8-10-15-11-9-14/h8-12H,3-7H2,1-2H3. The summed E-state index contributed by atoms with van der Waals surface area (Å²) >= 11 is 0. The predicted molar refractivity (Wildman–Crippen MR) is 66.6 cm³/mol. The van der Waals surface area contributed by atoms with Crippen molar-refractivity contribution < 1.29 is 0 Å². The van der Waals surface area contributed by atoms with Crippen LogP contribution in [0.5, 0.6) is 0 Å². The topological polar surface area (TPSA) is 12.9 Å². The molecule has 0 amide bonds. The lowest BCUT2D eigenvalue weighted by molar-refractivity contribution is 0.493. The van der Waals surface area contributed by atoms with Gasteiger partial charge >= 0.3 is 0 Å². The van der Waals surface area contributed by atoms with Gasteiger partial charge in [0.25, 0.3) is 0 Å². The van der Waals surface area contributed by atoms with Gasteiger partial charge < -0.3 is 0 Å². The van der Waals surface area contributed by atoms with Crippen molar-refractivity contribution in [2.75, 3.05) is 0 Å². The van der Waals surface area contributed by atoms with Crippen molar-refractivity contribution in [1.29, 1.82) is 0 Å². The summed E-state index contributed by atoms with van der Waals surface area (Å²) in [5.41, 5.74) is 2.47. The molecule has 0 aromatic carbocycles. The van der Waals surface area contributed by atoms with E-state index in [-0.39, 0.29) is 0 Å². The molecule has 1 unspecified atom stereocenters. The normalized spacial score (nSPS) is 12.4. The van der Waals surface area contributed by atoms with Gasteiger partial charge in [-0.15, -0.1) is 0 Å². The monoisotopic (exact) mass is 203 g/mol. The Morgan fingerprint density at radius 3 is 2.60 bits per heavy atom. The molecule has 0 aliphatic rings. The van der Waals surface area contributed by atoms with Gasteiger partial charge in [-0.2, -0.15) is 0 Å². The molecule has 0 fully saturated rings. The molecule has 0 aliphatic heterocycles. The molecule has 1 heterocycles. The lowest BCUT2D eigenvalue weighted by Gasteiger charge is -2.11. The molecule has 0 radical (unpaired) electrons. The van der Waals surface area contributed by atoms with E-state index < -0.39 is 0 Å². The van der Waals surface area contributed by atoms with Crippen LogP contribution in [0.1, 0.15) is 45.1 Å². The Kier molecular flexibility index (Phi) is 5.09. The van der Waals surface area contributed by atoms with Crippen molar-refractivity contribution >= 4 is 5.57 Å². The van der Waals surface area contributed by atoms with Crippen LogP contribution in [0.4, 0.5) is 0 Å². The summed E-state index contributed by atoms with van der Waals surface area (Å²) in [4.78, 5) is 4.01. The second-order valence-corrected chi connectivity index (χ2v) is 4.27. The Bertz CT molecular complexity index is 289. The predicted octanol–water partition coefficient (Wildman–Crippen LogP) is 4.31. The van der Waals surface area contributed by atoms with Gasteiger partial charge in [0, 0.05) is 12.4 Å². The van der Waals surface area contributed by atoms with Crippen molar-refractivity contribution in [3.05, 3.63) is 36.7 Å². The quantitative estimate of drug-likeness (QED) is 0.671. The SMILES string of the molecule is C=C(CCC(C)CCC)c1ccncc1. The first kappa shape index (κ1) is 12.0. The summed E-state index contributed by atoms with van der Waals surface area (Å²) in [6, 6.07) is 4.07. The van der Waals surface area contributed by atoms with Gasteiger partial charge in [-0.05, 0) is 42.0 Å². The Morgan fingerprint density at radius 1 is 1.33 bits per heavy atom. The summed E-state index contributed by atoms with van der Waals surface area (Å²) in [5.74, 6) is 0.814. The third-order valence-corrected chi connectivity index (χ3v) is 2.81. The second-order valence-electron chi connectivity index (χ2n) is 4.27. The summed E-state index contributed by atoms with van der Waals surface area (Å²) in [6.07, 6.45) is 8.61. The van der Waals surface area contributed by atoms with E-state index in [4.69, 9.17) is 0 Å². The van der Waals surface area contributed by atoms with E-state index in [1.165, 1.54) is 30.4 Å². The Hall–Kier alpha value is -1.11. The minimum Gasteiger partial charge on any atom is -0.265 e. The molecule has 0 saturated heterocycles. The zero-order valence-electron chi connectivity index (χ0n) is 9.87. The van der Waals surface area contributed by atoms with Crippen molar-refractivity contribution in [1.82, 2.24) is 4.98 Å². The van der Waals surface area contributed by atoms with Gasteiger partial charge in [0.1, 0.15) is 0 Å². The molecule has 15 heavy (non-hydrogen) atoms. The highest BCUT2D eigenvalue weighted by Crippen LogP contribution is 2.21. The van der Waals surface area contributed by atoms with Crippen LogP contribution in [0.2, 0.25) is 0 Å². The molecule has 1 aromatic heterocycles. The first-order valence-corrected chi connectivity index (χ1v) is 5.82. The molecule has 0 saturated carbocycles. The van der Waals surface area contributed by atoms with E-state index >= 15 is 0 Å². The fourth-order valence-electron chi connectivity index (χ4n) is 1.79. The smallest absolute Gasteiger partial charge is 0.0273 e. The van der Waals surface area contributed by atoms with Crippen LogP contribution < -0.4 is 0 Å². The molecule has 1 nitrogen and oxygen atoms in total. The fraction of sp³-hybridized carbons (Fsp3) is 0.500. The van der Waals surface area contributed by atoms with Gasteiger partial charge in [-0.1, -0.05) is 33.3 Å². The molecule has 0 N–H and O–H groups in total. The molecule has 1 atom stereocenters. The highest BCUT2D eigenvalue weighted by molar-refractivity contribution is 5.62. The second kappa shape index (κ2) is 6.39. The summed E-state index contributed by atoms with van der Waals surface area (Å²) < 4.78 is 0. The molecule has 1 rings (SSSR count). The van der Waals surface area contributed by atoms with Gasteiger partial charge in [-0.3, -0.25) is 4.98 Å².